The van der Waals surface area contributed by atoms with Crippen molar-refractivity contribution in [3.05, 3.63) is 11.9 Å². The van der Waals surface area contributed by atoms with Crippen LogP contribution in [0.2, 0.25) is 0 Å². The third-order valence-corrected chi connectivity index (χ3v) is 2.65. The number of hydrogen-bond donors (Lipinski definition) is 2. The van der Waals surface area contributed by atoms with Crippen LogP contribution in [0, 0.1) is 0 Å². The Kier molecular flexibility index (Phi) is 7.86. The van der Waals surface area contributed by atoms with Gasteiger partial charge in [0, 0.05) is 39.9 Å². The fourth-order valence-electron chi connectivity index (χ4n) is 1.77. The van der Waals surface area contributed by atoms with E-state index in [-0.39, 0.29) is 6.61 Å². The van der Waals surface area contributed by atoms with Crippen LogP contribution in [0.5, 0.6) is 0 Å². The number of anilines is 2. The largest absolute Gasteiger partial charge is 0.395 e. The van der Waals surface area contributed by atoms with Crippen molar-refractivity contribution in [2.75, 3.05) is 57.3 Å². The molecule has 2 N–H and O–H groups in total. The van der Waals surface area contributed by atoms with Crippen molar-refractivity contribution >= 4 is 11.6 Å². The first-order valence-electron chi connectivity index (χ1n) is 6.70. The summed E-state index contributed by atoms with van der Waals surface area (Å²) in [7, 11) is 3.26. The van der Waals surface area contributed by atoms with Crippen LogP contribution >= 0.6 is 0 Å². The first kappa shape index (κ1) is 16.6. The maximum absolute atomic E-state index is 9.18. The topological polar surface area (TPSA) is 79.7 Å². The average molecular weight is 284 g/mol. The first-order chi connectivity index (χ1) is 9.74. The third kappa shape index (κ3) is 5.28. The van der Waals surface area contributed by atoms with Gasteiger partial charge in [0.25, 0.3) is 0 Å². The van der Waals surface area contributed by atoms with E-state index in [4.69, 9.17) is 9.47 Å². The molecule has 0 radical (unpaired) electrons. The number of methoxy groups -OCH3 is 2. The van der Waals surface area contributed by atoms with Crippen molar-refractivity contribution < 1.29 is 14.6 Å². The van der Waals surface area contributed by atoms with Gasteiger partial charge in [-0.2, -0.15) is 0 Å². The van der Waals surface area contributed by atoms with Gasteiger partial charge in [-0.1, -0.05) is 0 Å². The van der Waals surface area contributed by atoms with Crippen LogP contribution in [0.25, 0.3) is 0 Å². The molecule has 0 fully saturated rings. The van der Waals surface area contributed by atoms with Crippen molar-refractivity contribution in [3.8, 4) is 0 Å². The molecule has 20 heavy (non-hydrogen) atoms. The van der Waals surface area contributed by atoms with Crippen LogP contribution in [0.3, 0.4) is 0 Å². The molecule has 0 bridgehead atoms. The van der Waals surface area contributed by atoms with Gasteiger partial charge in [-0.25, -0.2) is 9.97 Å². The van der Waals surface area contributed by atoms with E-state index in [0.29, 0.717) is 32.1 Å². The number of aliphatic hydroxyl groups is 1. The number of rotatable bonds is 10. The average Bonchev–Trinajstić information content (AvgIpc) is 2.44. The van der Waals surface area contributed by atoms with Crippen LogP contribution in [0.1, 0.15) is 12.7 Å². The fraction of sp³-hybridized carbons (Fsp3) is 0.692. The zero-order chi connectivity index (χ0) is 14.8. The number of aromatic nitrogens is 2. The molecule has 0 amide bonds. The highest BCUT2D eigenvalue weighted by Gasteiger charge is 2.11. The van der Waals surface area contributed by atoms with E-state index in [1.165, 1.54) is 0 Å². The Morgan fingerprint density at radius 1 is 1.25 bits per heavy atom. The van der Waals surface area contributed by atoms with Gasteiger partial charge in [0.2, 0.25) is 0 Å². The highest BCUT2D eigenvalue weighted by molar-refractivity contribution is 5.49. The van der Waals surface area contributed by atoms with E-state index >= 15 is 0 Å². The predicted octanol–water partition coefficient (Wildman–Crippen LogP) is 0.500. The summed E-state index contributed by atoms with van der Waals surface area (Å²) in [4.78, 5) is 10.8. The van der Waals surface area contributed by atoms with Crippen LogP contribution in [0.15, 0.2) is 6.07 Å². The van der Waals surface area contributed by atoms with Gasteiger partial charge in [0.15, 0.2) is 5.82 Å². The number of nitrogens with zero attached hydrogens (tertiary/aromatic N) is 3. The highest BCUT2D eigenvalue weighted by atomic mass is 16.5. The summed E-state index contributed by atoms with van der Waals surface area (Å²) in [6, 6.07) is 1.87. The van der Waals surface area contributed by atoms with Crippen LogP contribution in [-0.2, 0) is 16.1 Å². The number of aliphatic hydroxyl groups excluding tert-OH is 1. The minimum absolute atomic E-state index is 0.0594. The Labute approximate surface area is 119 Å². The molecule has 0 aliphatic carbocycles. The summed E-state index contributed by atoms with van der Waals surface area (Å²) in [6.07, 6.45) is 0. The monoisotopic (exact) mass is 284 g/mol. The molecule has 0 spiro atoms. The summed E-state index contributed by atoms with van der Waals surface area (Å²) >= 11 is 0. The number of nitrogens with one attached hydrogen (secondary N) is 1. The van der Waals surface area contributed by atoms with E-state index in [9.17, 15) is 5.11 Å². The van der Waals surface area contributed by atoms with Gasteiger partial charge >= 0.3 is 0 Å². The van der Waals surface area contributed by atoms with E-state index in [0.717, 1.165) is 18.2 Å². The van der Waals surface area contributed by atoms with Crippen molar-refractivity contribution in [2.45, 2.75) is 13.5 Å². The zero-order valence-corrected chi connectivity index (χ0v) is 12.4. The van der Waals surface area contributed by atoms with E-state index in [2.05, 4.69) is 15.3 Å². The number of ether oxygens (including phenoxy) is 2. The van der Waals surface area contributed by atoms with Gasteiger partial charge in [-0.15, -0.1) is 0 Å². The minimum Gasteiger partial charge on any atom is -0.395 e. The number of hydrogen-bond acceptors (Lipinski definition) is 7. The molecule has 0 atom stereocenters. The lowest BCUT2D eigenvalue weighted by molar-refractivity contribution is 0.177. The van der Waals surface area contributed by atoms with Crippen molar-refractivity contribution in [3.63, 3.8) is 0 Å². The molecule has 1 aromatic rings. The molecule has 1 aromatic heterocycles. The minimum atomic E-state index is 0.0594. The summed E-state index contributed by atoms with van der Waals surface area (Å²) in [5.74, 6) is 2.13. The lowest BCUT2D eigenvalue weighted by atomic mass is 10.4. The van der Waals surface area contributed by atoms with Gasteiger partial charge in [0.05, 0.1) is 13.2 Å². The van der Waals surface area contributed by atoms with Crippen molar-refractivity contribution in [2.24, 2.45) is 0 Å². The summed E-state index contributed by atoms with van der Waals surface area (Å²) < 4.78 is 10.2. The SMILES string of the molecule is CCNc1cc(N(CCO)CCOC)nc(COC)n1. The van der Waals surface area contributed by atoms with Crippen molar-refractivity contribution in [1.29, 1.82) is 0 Å². The van der Waals surface area contributed by atoms with Gasteiger partial charge in [-0.3, -0.25) is 0 Å². The maximum atomic E-state index is 9.18. The molecule has 114 valence electrons. The standard InChI is InChI=1S/C13H24N4O3/c1-4-14-11-9-13(16-12(15-11)10-20-3)17(5-7-18)6-8-19-2/h9,18H,4-8,10H2,1-3H3,(H,14,15,16). The molecular formula is C13H24N4O3. The molecule has 0 saturated heterocycles. The van der Waals surface area contributed by atoms with Crippen LogP contribution in [-0.4, -0.2) is 62.1 Å². The molecule has 7 heteroatoms. The normalized spacial score (nSPS) is 10.6. The molecule has 1 heterocycles. The van der Waals surface area contributed by atoms with Gasteiger partial charge < -0.3 is 24.8 Å². The van der Waals surface area contributed by atoms with Crippen molar-refractivity contribution in [1.82, 2.24) is 9.97 Å². The molecule has 0 aliphatic heterocycles. The molecule has 0 unspecified atom stereocenters. The molecule has 0 aromatic carbocycles. The van der Waals surface area contributed by atoms with Crippen LogP contribution < -0.4 is 10.2 Å². The third-order valence-electron chi connectivity index (χ3n) is 2.65. The highest BCUT2D eigenvalue weighted by Crippen LogP contribution is 2.16. The Bertz CT molecular complexity index is 366. The summed E-state index contributed by atoms with van der Waals surface area (Å²) in [6.45, 7) is 4.92. The van der Waals surface area contributed by atoms with E-state index < -0.39 is 0 Å². The zero-order valence-electron chi connectivity index (χ0n) is 12.4. The van der Waals surface area contributed by atoms with E-state index in [1.807, 2.05) is 17.9 Å². The second kappa shape index (κ2) is 9.46. The Morgan fingerprint density at radius 2 is 2.05 bits per heavy atom. The van der Waals surface area contributed by atoms with E-state index in [1.54, 1.807) is 14.2 Å². The second-order valence-electron chi connectivity index (χ2n) is 4.19. The molecule has 1 rings (SSSR count). The second-order valence-corrected chi connectivity index (χ2v) is 4.19. The Balaban J connectivity index is 2.97. The Hall–Kier alpha value is -1.44. The summed E-state index contributed by atoms with van der Waals surface area (Å²) in [5.41, 5.74) is 0. The molecule has 0 saturated carbocycles. The Morgan fingerprint density at radius 3 is 2.65 bits per heavy atom. The fourth-order valence-corrected chi connectivity index (χ4v) is 1.77. The lowest BCUT2D eigenvalue weighted by Gasteiger charge is -2.23. The molecular weight excluding hydrogens is 260 g/mol. The summed E-state index contributed by atoms with van der Waals surface area (Å²) in [5, 5.41) is 12.3. The molecule has 0 aliphatic rings. The quantitative estimate of drug-likeness (QED) is 0.647. The smallest absolute Gasteiger partial charge is 0.158 e. The lowest BCUT2D eigenvalue weighted by Crippen LogP contribution is -2.31. The first-order valence-corrected chi connectivity index (χ1v) is 6.70. The van der Waals surface area contributed by atoms with Gasteiger partial charge in [-0.05, 0) is 6.92 Å². The predicted molar refractivity (Wildman–Crippen MR) is 78.1 cm³/mol. The maximum Gasteiger partial charge on any atom is 0.158 e. The van der Waals surface area contributed by atoms with Crippen LogP contribution in [0.4, 0.5) is 11.6 Å². The molecule has 7 nitrogen and oxygen atoms in total. The van der Waals surface area contributed by atoms with Gasteiger partial charge in [0.1, 0.15) is 18.2 Å².